The summed E-state index contributed by atoms with van der Waals surface area (Å²) in [6, 6.07) is 0. The molecular formula is C31H48O2. The number of ether oxygens (including phenoxy) is 1. The van der Waals surface area contributed by atoms with Crippen LogP contribution in [0.1, 0.15) is 106 Å². The number of carbonyl (C=O) groups is 1. The lowest BCUT2D eigenvalue weighted by Crippen LogP contribution is -2.61. The summed E-state index contributed by atoms with van der Waals surface area (Å²) in [4.78, 5) is 13.3. The smallest absolute Gasteiger partial charge is 0.312 e. The molecule has 33 heavy (non-hydrogen) atoms. The molecule has 0 radical (unpaired) electrons. The van der Waals surface area contributed by atoms with E-state index >= 15 is 0 Å². The van der Waals surface area contributed by atoms with Gasteiger partial charge in [-0.2, -0.15) is 0 Å². The largest absolute Gasteiger partial charge is 0.469 e. The number of carbonyl (C=O) groups excluding carboxylic acids is 1. The molecular weight excluding hydrogens is 404 g/mol. The number of methoxy groups -OCH3 is 1. The zero-order valence-corrected chi connectivity index (χ0v) is 22.6. The Kier molecular flexibility index (Phi) is 5.19. The number of fused-ring (bicyclic) bond motifs is 7. The van der Waals surface area contributed by atoms with E-state index < -0.39 is 0 Å². The summed E-state index contributed by atoms with van der Waals surface area (Å²) in [5.41, 5.74) is 4.28. The average molecular weight is 453 g/mol. The van der Waals surface area contributed by atoms with Crippen molar-refractivity contribution in [3.63, 3.8) is 0 Å². The van der Waals surface area contributed by atoms with Crippen molar-refractivity contribution in [3.05, 3.63) is 23.3 Å². The molecule has 184 valence electrons. The highest BCUT2D eigenvalue weighted by Crippen LogP contribution is 2.75. The van der Waals surface area contributed by atoms with Crippen LogP contribution in [0.25, 0.3) is 0 Å². The fraction of sp³-hybridized carbons (Fsp3) is 0.839. The third kappa shape index (κ3) is 2.94. The van der Waals surface area contributed by atoms with E-state index in [2.05, 4.69) is 60.6 Å². The van der Waals surface area contributed by atoms with Crippen LogP contribution < -0.4 is 0 Å². The van der Waals surface area contributed by atoms with Crippen LogP contribution in [-0.2, 0) is 9.53 Å². The van der Waals surface area contributed by atoms with Crippen molar-refractivity contribution >= 4 is 5.97 Å². The van der Waals surface area contributed by atoms with E-state index in [1.807, 2.05) is 0 Å². The van der Waals surface area contributed by atoms with Gasteiger partial charge >= 0.3 is 5.97 Å². The molecule has 0 spiro atoms. The Bertz CT molecular complexity index is 908. The van der Waals surface area contributed by atoms with Gasteiger partial charge in [0.25, 0.3) is 0 Å². The second-order valence-corrected chi connectivity index (χ2v) is 14.4. The summed E-state index contributed by atoms with van der Waals surface area (Å²) < 4.78 is 5.50. The fourth-order valence-electron chi connectivity index (χ4n) is 10.1. The van der Waals surface area contributed by atoms with E-state index in [0.717, 1.165) is 43.9 Å². The Labute approximate surface area is 203 Å². The molecule has 0 bridgehead atoms. The quantitative estimate of drug-likeness (QED) is 0.312. The summed E-state index contributed by atoms with van der Waals surface area (Å²) in [7, 11) is 1.61. The standard InChI is InChI=1S/C31H48O2/c1-20(2)21-11-13-28(5)22(21)12-14-30(7)25(28)10-9-23-24-19-27(3,4)15-17-31(24,26(32)33-8)18-16-29(23,30)6/h9,11,20,22,24-25H,10,12-19H2,1-8H3/t22?,24-,25+,28-,29+,30+,31-/m0/s1. The monoisotopic (exact) mass is 452 g/mol. The predicted octanol–water partition coefficient (Wildman–Crippen LogP) is 8.13. The van der Waals surface area contributed by atoms with Gasteiger partial charge in [-0.25, -0.2) is 0 Å². The number of hydrogen-bond acceptors (Lipinski definition) is 2. The van der Waals surface area contributed by atoms with Gasteiger partial charge in [-0.15, -0.1) is 0 Å². The van der Waals surface area contributed by atoms with E-state index in [9.17, 15) is 4.79 Å². The molecule has 3 saturated carbocycles. The third-order valence-electron chi connectivity index (χ3n) is 12.3. The molecule has 2 heteroatoms. The molecule has 5 aliphatic carbocycles. The van der Waals surface area contributed by atoms with Gasteiger partial charge in [-0.1, -0.05) is 71.8 Å². The van der Waals surface area contributed by atoms with Crippen LogP contribution in [0.4, 0.5) is 0 Å². The van der Waals surface area contributed by atoms with Crippen LogP contribution in [0.2, 0.25) is 0 Å². The molecule has 0 saturated heterocycles. The zero-order valence-electron chi connectivity index (χ0n) is 22.6. The summed E-state index contributed by atoms with van der Waals surface area (Å²) in [5.74, 6) is 2.58. The molecule has 0 aliphatic heterocycles. The van der Waals surface area contributed by atoms with E-state index in [1.54, 1.807) is 18.3 Å². The highest BCUT2D eigenvalue weighted by atomic mass is 16.5. The van der Waals surface area contributed by atoms with Gasteiger partial charge in [-0.05, 0) is 103 Å². The lowest BCUT2D eigenvalue weighted by molar-refractivity contribution is -0.173. The Morgan fingerprint density at radius 3 is 2.33 bits per heavy atom. The van der Waals surface area contributed by atoms with Crippen LogP contribution in [0, 0.1) is 50.7 Å². The molecule has 7 atom stereocenters. The Balaban J connectivity index is 1.58. The minimum absolute atomic E-state index is 0.0652. The van der Waals surface area contributed by atoms with Crippen LogP contribution in [0.3, 0.4) is 0 Å². The highest BCUT2D eigenvalue weighted by molar-refractivity contribution is 5.78. The van der Waals surface area contributed by atoms with Crippen LogP contribution >= 0.6 is 0 Å². The summed E-state index contributed by atoms with van der Waals surface area (Å²) in [6.45, 7) is 17.5. The summed E-state index contributed by atoms with van der Waals surface area (Å²) in [5, 5.41) is 0. The Morgan fingerprint density at radius 1 is 0.970 bits per heavy atom. The van der Waals surface area contributed by atoms with Crippen molar-refractivity contribution in [1.82, 2.24) is 0 Å². The maximum atomic E-state index is 13.3. The predicted molar refractivity (Wildman–Crippen MR) is 136 cm³/mol. The third-order valence-corrected chi connectivity index (χ3v) is 12.3. The molecule has 2 nitrogen and oxygen atoms in total. The lowest BCUT2D eigenvalue weighted by atomic mass is 9.36. The molecule has 5 rings (SSSR count). The van der Waals surface area contributed by atoms with Crippen molar-refractivity contribution in [1.29, 1.82) is 0 Å². The first-order chi connectivity index (χ1) is 15.3. The lowest BCUT2D eigenvalue weighted by Gasteiger charge is -2.68. The van der Waals surface area contributed by atoms with E-state index in [0.29, 0.717) is 28.1 Å². The van der Waals surface area contributed by atoms with Crippen molar-refractivity contribution in [3.8, 4) is 0 Å². The Hall–Kier alpha value is -1.05. The maximum Gasteiger partial charge on any atom is 0.312 e. The first-order valence-corrected chi connectivity index (χ1v) is 13.8. The van der Waals surface area contributed by atoms with E-state index in [-0.39, 0.29) is 16.8 Å². The van der Waals surface area contributed by atoms with Gasteiger partial charge in [0.15, 0.2) is 0 Å². The summed E-state index contributed by atoms with van der Waals surface area (Å²) in [6.07, 6.45) is 15.8. The zero-order chi connectivity index (χ0) is 24.0. The second kappa shape index (κ2) is 7.23. The van der Waals surface area contributed by atoms with Crippen LogP contribution in [-0.4, -0.2) is 13.1 Å². The average Bonchev–Trinajstić information content (AvgIpc) is 3.10. The molecule has 3 fully saturated rings. The number of esters is 1. The van der Waals surface area contributed by atoms with Crippen LogP contribution in [0.5, 0.6) is 0 Å². The van der Waals surface area contributed by atoms with Gasteiger partial charge in [0, 0.05) is 0 Å². The van der Waals surface area contributed by atoms with Crippen molar-refractivity contribution in [2.45, 2.75) is 106 Å². The number of rotatable bonds is 2. The maximum absolute atomic E-state index is 13.3. The van der Waals surface area contributed by atoms with Crippen molar-refractivity contribution < 1.29 is 9.53 Å². The molecule has 0 amide bonds. The normalized spacial score (nSPS) is 48.1. The first kappa shape index (κ1) is 23.7. The number of allylic oxidation sites excluding steroid dienone is 4. The molecule has 0 heterocycles. The van der Waals surface area contributed by atoms with Gasteiger partial charge in [-0.3, -0.25) is 4.79 Å². The molecule has 0 N–H and O–H groups in total. The minimum atomic E-state index is -0.292. The fourth-order valence-corrected chi connectivity index (χ4v) is 10.1. The van der Waals surface area contributed by atoms with Gasteiger partial charge < -0.3 is 4.74 Å². The molecule has 0 aromatic carbocycles. The number of hydrogen-bond donors (Lipinski definition) is 0. The molecule has 0 aromatic heterocycles. The molecule has 5 aliphatic rings. The van der Waals surface area contributed by atoms with Gasteiger partial charge in [0.1, 0.15) is 0 Å². The van der Waals surface area contributed by atoms with Crippen molar-refractivity contribution in [2.75, 3.05) is 7.11 Å². The topological polar surface area (TPSA) is 26.3 Å². The molecule has 1 unspecified atom stereocenters. The van der Waals surface area contributed by atoms with Crippen LogP contribution in [0.15, 0.2) is 23.3 Å². The highest BCUT2D eigenvalue weighted by Gasteiger charge is 2.68. The summed E-state index contributed by atoms with van der Waals surface area (Å²) >= 11 is 0. The second-order valence-electron chi connectivity index (χ2n) is 14.4. The van der Waals surface area contributed by atoms with E-state index in [4.69, 9.17) is 4.74 Å². The SMILES string of the molecule is COC(=O)[C@]12CCC(C)(C)C[C@H]1C1=CC[C@@H]3[C@@]4(C)CC=C(C(C)C)C4CC[C@@]3(C)[C@]1(C)CC2. The van der Waals surface area contributed by atoms with Gasteiger partial charge in [0.05, 0.1) is 12.5 Å². The first-order valence-electron chi connectivity index (χ1n) is 13.8. The van der Waals surface area contributed by atoms with Gasteiger partial charge in [0.2, 0.25) is 0 Å². The minimum Gasteiger partial charge on any atom is -0.469 e. The van der Waals surface area contributed by atoms with Crippen molar-refractivity contribution in [2.24, 2.45) is 50.7 Å². The van der Waals surface area contributed by atoms with E-state index in [1.165, 1.54) is 25.7 Å². The molecule has 0 aromatic rings. The Morgan fingerprint density at radius 2 is 1.67 bits per heavy atom.